The first-order valence-electron chi connectivity index (χ1n) is 16.9. The van der Waals surface area contributed by atoms with Crippen LogP contribution in [0.4, 0.5) is 0 Å². The normalized spacial score (nSPS) is 17.0. The zero-order valence-electron chi connectivity index (χ0n) is 29.7. The van der Waals surface area contributed by atoms with Crippen molar-refractivity contribution in [2.24, 2.45) is 0 Å². The third-order valence-corrected chi connectivity index (χ3v) is 8.98. The molecule has 2 atom stereocenters. The fourth-order valence-electron chi connectivity index (χ4n) is 6.43. The molecule has 0 spiro atoms. The van der Waals surface area contributed by atoms with Gasteiger partial charge in [-0.1, -0.05) is 85.0 Å². The summed E-state index contributed by atoms with van der Waals surface area (Å²) in [4.78, 5) is 30.3. The van der Waals surface area contributed by atoms with Crippen LogP contribution >= 0.6 is 0 Å². The van der Waals surface area contributed by atoms with Crippen molar-refractivity contribution < 1.29 is 38.0 Å². The number of carbonyl (C=O) groups excluding carboxylic acids is 2. The lowest BCUT2D eigenvalue weighted by Crippen LogP contribution is -2.27. The number of benzene rings is 4. The first-order chi connectivity index (χ1) is 25.4. The average Bonchev–Trinajstić information content (AvgIpc) is 3.70. The van der Waals surface area contributed by atoms with Crippen molar-refractivity contribution in [3.05, 3.63) is 143 Å². The molecule has 2 aliphatic heterocycles. The standard InChI is InChI=1S/C42H42N2O8/c1-47-35-19-17-29(25-37(35)49-3)11-9-23-43-27-31-13-5-7-15-33(31)41(43)51-39(45)21-22-40(46)52-42-34-16-8-6-14-32(34)28-44(42)24-10-12-30-18-20-36(48-2)38(26-30)50-4/h5-22,25-26,41-42H,23-24,27-28H2,1-4H3/b11-9+,12-10+,22-21-. The molecule has 6 rings (SSSR count). The van der Waals surface area contributed by atoms with Crippen LogP contribution < -0.4 is 18.9 Å². The van der Waals surface area contributed by atoms with Crippen LogP contribution in [0.15, 0.2) is 109 Å². The number of hydrogen-bond acceptors (Lipinski definition) is 10. The van der Waals surface area contributed by atoms with Gasteiger partial charge in [-0.25, -0.2) is 9.59 Å². The maximum Gasteiger partial charge on any atom is 0.332 e. The number of rotatable bonds is 14. The van der Waals surface area contributed by atoms with Crippen molar-refractivity contribution in [2.75, 3.05) is 41.5 Å². The first kappa shape index (κ1) is 36.0. The average molecular weight is 703 g/mol. The van der Waals surface area contributed by atoms with Crippen LogP contribution in [0, 0.1) is 0 Å². The monoisotopic (exact) mass is 702 g/mol. The minimum absolute atomic E-state index is 0.518. The number of esters is 2. The lowest BCUT2D eigenvalue weighted by atomic mass is 10.1. The van der Waals surface area contributed by atoms with Gasteiger partial charge < -0.3 is 28.4 Å². The Morgan fingerprint density at radius 1 is 0.577 bits per heavy atom. The Labute approximate surface area is 304 Å². The second kappa shape index (κ2) is 16.9. The molecule has 0 amide bonds. The quantitative estimate of drug-likeness (QED) is 0.0999. The Morgan fingerprint density at radius 3 is 1.38 bits per heavy atom. The topological polar surface area (TPSA) is 96.0 Å². The van der Waals surface area contributed by atoms with E-state index in [4.69, 9.17) is 28.4 Å². The van der Waals surface area contributed by atoms with Crippen molar-refractivity contribution in [1.82, 2.24) is 9.80 Å². The zero-order valence-corrected chi connectivity index (χ0v) is 29.7. The molecule has 2 heterocycles. The summed E-state index contributed by atoms with van der Waals surface area (Å²) in [6.07, 6.45) is 9.01. The van der Waals surface area contributed by atoms with Crippen molar-refractivity contribution in [1.29, 1.82) is 0 Å². The van der Waals surface area contributed by atoms with E-state index in [2.05, 4.69) is 9.80 Å². The number of methoxy groups -OCH3 is 4. The molecule has 0 saturated heterocycles. The van der Waals surface area contributed by atoms with E-state index in [1.165, 1.54) is 0 Å². The van der Waals surface area contributed by atoms with Gasteiger partial charge in [0.1, 0.15) is 0 Å². The van der Waals surface area contributed by atoms with E-state index in [1.807, 2.05) is 109 Å². The Morgan fingerprint density at radius 2 is 0.981 bits per heavy atom. The number of nitrogens with zero attached hydrogens (tertiary/aromatic N) is 2. The molecule has 2 unspecified atom stereocenters. The molecule has 0 bridgehead atoms. The van der Waals surface area contributed by atoms with E-state index >= 15 is 0 Å². The summed E-state index contributed by atoms with van der Waals surface area (Å²) >= 11 is 0. The Bertz CT molecular complexity index is 1850. The summed E-state index contributed by atoms with van der Waals surface area (Å²) in [5.41, 5.74) is 5.85. The lowest BCUT2D eigenvalue weighted by Gasteiger charge is -2.23. The summed E-state index contributed by atoms with van der Waals surface area (Å²) in [6.45, 7) is 2.25. The van der Waals surface area contributed by atoms with E-state index in [-0.39, 0.29) is 0 Å². The number of carbonyl (C=O) groups is 2. The van der Waals surface area contributed by atoms with E-state index in [0.717, 1.165) is 45.5 Å². The van der Waals surface area contributed by atoms with Crippen LogP contribution in [0.1, 0.15) is 45.8 Å². The number of hydrogen-bond donors (Lipinski definition) is 0. The molecule has 0 radical (unpaired) electrons. The van der Waals surface area contributed by atoms with Crippen LogP contribution in [-0.2, 0) is 32.2 Å². The molecule has 52 heavy (non-hydrogen) atoms. The summed E-state index contributed by atoms with van der Waals surface area (Å²) in [5.74, 6) is 1.31. The molecule has 4 aromatic carbocycles. The van der Waals surface area contributed by atoms with Gasteiger partial charge in [0, 0.05) is 49.5 Å². The molecule has 0 N–H and O–H groups in total. The minimum Gasteiger partial charge on any atom is -0.493 e. The predicted octanol–water partition coefficient (Wildman–Crippen LogP) is 7.12. The summed E-state index contributed by atoms with van der Waals surface area (Å²) in [5, 5.41) is 0. The third-order valence-electron chi connectivity index (χ3n) is 8.98. The van der Waals surface area contributed by atoms with Crippen LogP contribution in [-0.4, -0.2) is 63.3 Å². The van der Waals surface area contributed by atoms with Gasteiger partial charge in [-0.3, -0.25) is 9.80 Å². The highest BCUT2D eigenvalue weighted by Gasteiger charge is 2.33. The molecule has 4 aromatic rings. The third kappa shape index (κ3) is 8.37. The Kier molecular flexibility index (Phi) is 11.7. The van der Waals surface area contributed by atoms with Crippen LogP contribution in [0.25, 0.3) is 12.2 Å². The highest BCUT2D eigenvalue weighted by Crippen LogP contribution is 2.36. The lowest BCUT2D eigenvalue weighted by molar-refractivity contribution is -0.155. The molecule has 0 aromatic heterocycles. The van der Waals surface area contributed by atoms with Crippen LogP contribution in [0.3, 0.4) is 0 Å². The van der Waals surface area contributed by atoms with E-state index in [1.54, 1.807) is 28.4 Å². The fraction of sp³-hybridized carbons (Fsp3) is 0.238. The second-order valence-electron chi connectivity index (χ2n) is 12.2. The minimum atomic E-state index is -0.644. The van der Waals surface area contributed by atoms with Crippen LogP contribution in [0.5, 0.6) is 23.0 Å². The first-order valence-corrected chi connectivity index (χ1v) is 16.9. The van der Waals surface area contributed by atoms with Crippen molar-refractivity contribution in [3.63, 3.8) is 0 Å². The largest absolute Gasteiger partial charge is 0.493 e. The highest BCUT2D eigenvalue weighted by molar-refractivity contribution is 5.92. The highest BCUT2D eigenvalue weighted by atomic mass is 16.6. The van der Waals surface area contributed by atoms with Crippen molar-refractivity contribution >= 4 is 24.1 Å². The Hall–Kier alpha value is -5.84. The molecular formula is C42H42N2O8. The van der Waals surface area contributed by atoms with Gasteiger partial charge in [-0.2, -0.15) is 0 Å². The molecule has 0 fully saturated rings. The molecular weight excluding hydrogens is 660 g/mol. The molecule has 268 valence electrons. The zero-order chi connectivity index (χ0) is 36.5. The summed E-state index contributed by atoms with van der Waals surface area (Å²) < 4.78 is 33.4. The fourth-order valence-corrected chi connectivity index (χ4v) is 6.43. The van der Waals surface area contributed by atoms with Gasteiger partial charge in [0.15, 0.2) is 35.5 Å². The van der Waals surface area contributed by atoms with Gasteiger partial charge in [0.05, 0.1) is 28.4 Å². The van der Waals surface area contributed by atoms with Gasteiger partial charge in [0.2, 0.25) is 0 Å². The van der Waals surface area contributed by atoms with Gasteiger partial charge in [0.25, 0.3) is 0 Å². The van der Waals surface area contributed by atoms with Crippen molar-refractivity contribution in [3.8, 4) is 23.0 Å². The maximum absolute atomic E-state index is 13.1. The SMILES string of the molecule is COc1ccc(/C=C/CN2Cc3ccccc3C2OC(=O)/C=C\C(=O)OC2c3ccccc3CN2C/C=C/c2ccc(OC)c(OC)c2)cc1OC. The van der Waals surface area contributed by atoms with E-state index in [0.29, 0.717) is 49.2 Å². The van der Waals surface area contributed by atoms with E-state index in [9.17, 15) is 9.59 Å². The van der Waals surface area contributed by atoms with Gasteiger partial charge in [-0.15, -0.1) is 0 Å². The summed E-state index contributed by atoms with van der Waals surface area (Å²) in [7, 11) is 6.41. The van der Waals surface area contributed by atoms with E-state index < -0.39 is 24.4 Å². The van der Waals surface area contributed by atoms with Gasteiger partial charge >= 0.3 is 11.9 Å². The molecule has 2 aliphatic rings. The molecule has 10 nitrogen and oxygen atoms in total. The smallest absolute Gasteiger partial charge is 0.332 e. The maximum atomic E-state index is 13.1. The summed E-state index contributed by atoms with van der Waals surface area (Å²) in [6, 6.07) is 27.1. The molecule has 0 saturated carbocycles. The van der Waals surface area contributed by atoms with Crippen LogP contribution in [0.2, 0.25) is 0 Å². The Balaban J connectivity index is 1.09. The van der Waals surface area contributed by atoms with Gasteiger partial charge in [-0.05, 0) is 46.5 Å². The predicted molar refractivity (Wildman–Crippen MR) is 198 cm³/mol. The second-order valence-corrected chi connectivity index (χ2v) is 12.2. The number of fused-ring (bicyclic) bond motifs is 2. The number of ether oxygens (including phenoxy) is 6. The molecule has 0 aliphatic carbocycles. The molecule has 10 heteroatoms. The van der Waals surface area contributed by atoms with Crippen molar-refractivity contribution in [2.45, 2.75) is 25.5 Å².